The van der Waals surface area contributed by atoms with Crippen molar-refractivity contribution in [2.24, 2.45) is 11.8 Å². The lowest BCUT2D eigenvalue weighted by molar-refractivity contribution is 0.0942. The van der Waals surface area contributed by atoms with Crippen LogP contribution in [0.3, 0.4) is 0 Å². The summed E-state index contributed by atoms with van der Waals surface area (Å²) in [5.74, 6) is 2.55. The first-order chi connectivity index (χ1) is 22.4. The summed E-state index contributed by atoms with van der Waals surface area (Å²) in [6, 6.07) is 11.2. The predicted molar refractivity (Wildman–Crippen MR) is 193 cm³/mol. The largest absolute Gasteiger partial charge is 0.361 e. The Labute approximate surface area is 281 Å². The molecular weight excluding hydrogens is 624 g/mol. The van der Waals surface area contributed by atoms with Crippen LogP contribution in [-0.2, 0) is 9.47 Å². The Balaban J connectivity index is 1.36. The molecule has 4 aromatic rings. The number of anilines is 1. The Hall–Kier alpha value is -3.00. The van der Waals surface area contributed by atoms with Gasteiger partial charge in [-0.25, -0.2) is 9.37 Å². The van der Waals surface area contributed by atoms with Gasteiger partial charge < -0.3 is 14.4 Å². The zero-order valence-electron chi connectivity index (χ0n) is 29.0. The van der Waals surface area contributed by atoms with Crippen molar-refractivity contribution in [2.75, 3.05) is 31.6 Å². The zero-order valence-corrected chi connectivity index (χ0v) is 31.0. The lowest BCUT2D eigenvalue weighted by Crippen LogP contribution is -2.33. The average molecular weight is 675 g/mol. The number of fused-ring (bicyclic) bond motifs is 3. The van der Waals surface area contributed by atoms with Crippen molar-refractivity contribution < 1.29 is 13.9 Å². The van der Waals surface area contributed by atoms with Gasteiger partial charge >= 0.3 is 0 Å². The van der Waals surface area contributed by atoms with Gasteiger partial charge in [0.1, 0.15) is 25.0 Å². The van der Waals surface area contributed by atoms with Crippen LogP contribution in [-0.4, -0.2) is 67.4 Å². The maximum atomic E-state index is 14.4. The van der Waals surface area contributed by atoms with E-state index in [1.807, 2.05) is 22.8 Å². The molecule has 0 aliphatic heterocycles. The summed E-state index contributed by atoms with van der Waals surface area (Å²) >= 11 is 0. The highest BCUT2D eigenvalue weighted by molar-refractivity contribution is 6.76. The number of hydrogen-bond donors (Lipinski definition) is 0. The number of nitrogens with zero attached hydrogens (tertiary/aromatic N) is 6. The first kappa shape index (κ1) is 33.9. The summed E-state index contributed by atoms with van der Waals surface area (Å²) < 4.78 is 29.1. The molecule has 252 valence electrons. The highest BCUT2D eigenvalue weighted by atomic mass is 28.3. The molecule has 0 amide bonds. The van der Waals surface area contributed by atoms with E-state index in [0.29, 0.717) is 25.1 Å². The minimum Gasteiger partial charge on any atom is -0.361 e. The molecule has 6 rings (SSSR count). The minimum absolute atomic E-state index is 0.243. The molecule has 0 saturated heterocycles. The lowest BCUT2D eigenvalue weighted by Gasteiger charge is -2.30. The zero-order chi connectivity index (χ0) is 33.2. The monoisotopic (exact) mass is 674 g/mol. The number of pyridine rings is 2. The molecule has 8 nitrogen and oxygen atoms in total. The fraction of sp³-hybridized carbons (Fsp3) is 0.556. The van der Waals surface area contributed by atoms with Crippen LogP contribution in [0.4, 0.5) is 10.2 Å². The molecule has 3 atom stereocenters. The van der Waals surface area contributed by atoms with Gasteiger partial charge in [0.2, 0.25) is 0 Å². The number of halogens is 1. The van der Waals surface area contributed by atoms with Gasteiger partial charge in [0.05, 0.1) is 11.9 Å². The number of rotatable bonds is 14. The second kappa shape index (κ2) is 14.2. The molecule has 2 bridgehead atoms. The van der Waals surface area contributed by atoms with Crippen LogP contribution in [0.2, 0.25) is 51.4 Å². The number of ether oxygens (including phenoxy) is 2. The summed E-state index contributed by atoms with van der Waals surface area (Å²) in [4.78, 5) is 16.3. The Morgan fingerprint density at radius 3 is 2.15 bits per heavy atom. The fourth-order valence-electron chi connectivity index (χ4n) is 6.90. The van der Waals surface area contributed by atoms with Crippen LogP contribution in [0.25, 0.3) is 28.2 Å². The molecule has 11 heteroatoms. The predicted octanol–water partition coefficient (Wildman–Crippen LogP) is 8.72. The summed E-state index contributed by atoms with van der Waals surface area (Å²) in [5, 5.41) is 4.89. The van der Waals surface area contributed by atoms with E-state index < -0.39 is 16.1 Å². The van der Waals surface area contributed by atoms with E-state index in [1.54, 1.807) is 18.5 Å². The molecule has 0 spiro atoms. The summed E-state index contributed by atoms with van der Waals surface area (Å²) in [7, 11) is -2.47. The van der Waals surface area contributed by atoms with Crippen molar-refractivity contribution >= 4 is 27.6 Å². The van der Waals surface area contributed by atoms with E-state index >= 15 is 0 Å². The molecule has 2 aliphatic carbocycles. The van der Waals surface area contributed by atoms with E-state index in [-0.39, 0.29) is 11.5 Å². The molecule has 0 radical (unpaired) electrons. The molecule has 1 unspecified atom stereocenters. The molecule has 0 N–H and O–H groups in total. The SMILES string of the molecule is C[Si](C)(C)CCOCN(COCC[Si](C)(C)C)c1cc(C2C[C@H]3CC[C@@H](C2)C3)nc2c(-c3ccc(-c4ncccc4F)nc3)cnn12. The average Bonchev–Trinajstić information content (AvgIpc) is 3.61. The molecule has 47 heavy (non-hydrogen) atoms. The fourth-order valence-corrected chi connectivity index (χ4v) is 8.41. The summed E-state index contributed by atoms with van der Waals surface area (Å²) in [6.45, 7) is 16.6. The molecule has 2 saturated carbocycles. The van der Waals surface area contributed by atoms with Crippen LogP contribution < -0.4 is 4.90 Å². The highest BCUT2D eigenvalue weighted by Gasteiger charge is 2.36. The van der Waals surface area contributed by atoms with Gasteiger partial charge in [0, 0.05) is 70.6 Å². The van der Waals surface area contributed by atoms with Gasteiger partial charge in [-0.05, 0) is 61.4 Å². The molecule has 2 aliphatic rings. The molecule has 4 aromatic heterocycles. The van der Waals surface area contributed by atoms with E-state index in [2.05, 4.69) is 60.2 Å². The smallest absolute Gasteiger partial charge is 0.165 e. The molecule has 0 aromatic carbocycles. The number of aromatic nitrogens is 5. The third-order valence-electron chi connectivity index (χ3n) is 9.66. The standard InChI is InChI=1S/C36H51FN6O2Si2/c1-46(2,3)16-14-44-24-42(25-45-15-17-47(4,5)6)34-21-33(29-19-26-9-10-27(18-26)20-29)41-36-30(23-40-43(34)36)28-11-12-32(39-22-28)35-31(37)8-7-13-38-35/h7-8,11-13,21-23,26-27,29H,9-10,14-20,24-25H2,1-6H3/t26-,27+,29?. The van der Waals surface area contributed by atoms with Gasteiger partial charge in [-0.15, -0.1) is 0 Å². The maximum Gasteiger partial charge on any atom is 0.165 e. The van der Waals surface area contributed by atoms with Crippen LogP contribution in [0.5, 0.6) is 0 Å². The van der Waals surface area contributed by atoms with E-state index in [0.717, 1.165) is 65.4 Å². The normalized spacial score (nSPS) is 19.9. The Kier molecular flexibility index (Phi) is 10.3. The van der Waals surface area contributed by atoms with Crippen LogP contribution in [0.1, 0.15) is 43.7 Å². The topological polar surface area (TPSA) is 77.7 Å². The van der Waals surface area contributed by atoms with Gasteiger partial charge in [-0.1, -0.05) is 58.2 Å². The van der Waals surface area contributed by atoms with Crippen LogP contribution in [0.15, 0.2) is 48.9 Å². The Morgan fingerprint density at radius 1 is 0.872 bits per heavy atom. The van der Waals surface area contributed by atoms with E-state index in [1.165, 1.54) is 38.2 Å². The van der Waals surface area contributed by atoms with E-state index in [4.69, 9.17) is 19.6 Å². The molecular formula is C36H51FN6O2Si2. The third-order valence-corrected chi connectivity index (χ3v) is 13.1. The van der Waals surface area contributed by atoms with Crippen molar-refractivity contribution in [2.45, 2.75) is 89.4 Å². The van der Waals surface area contributed by atoms with Gasteiger partial charge in [0.15, 0.2) is 11.5 Å². The Morgan fingerprint density at radius 2 is 1.55 bits per heavy atom. The van der Waals surface area contributed by atoms with Gasteiger partial charge in [0.25, 0.3) is 0 Å². The first-order valence-electron chi connectivity index (χ1n) is 17.3. The van der Waals surface area contributed by atoms with E-state index in [9.17, 15) is 4.39 Å². The maximum absolute atomic E-state index is 14.4. The summed E-state index contributed by atoms with van der Waals surface area (Å²) in [5.41, 5.74) is 4.43. The third kappa shape index (κ3) is 8.54. The second-order valence-corrected chi connectivity index (χ2v) is 27.3. The number of hydrogen-bond acceptors (Lipinski definition) is 7. The summed E-state index contributed by atoms with van der Waals surface area (Å²) in [6.07, 6.45) is 11.6. The molecule has 2 fully saturated rings. The van der Waals surface area contributed by atoms with Crippen molar-refractivity contribution in [1.29, 1.82) is 0 Å². The first-order valence-corrected chi connectivity index (χ1v) is 24.7. The second-order valence-electron chi connectivity index (χ2n) is 16.0. The quantitative estimate of drug-likeness (QED) is 0.0752. The lowest BCUT2D eigenvalue weighted by atomic mass is 9.79. The minimum atomic E-state index is -1.23. The Bertz CT molecular complexity index is 1620. The van der Waals surface area contributed by atoms with Gasteiger partial charge in [-0.3, -0.25) is 9.97 Å². The van der Waals surface area contributed by atoms with Crippen LogP contribution >= 0.6 is 0 Å². The highest BCUT2D eigenvalue weighted by Crippen LogP contribution is 2.48. The van der Waals surface area contributed by atoms with Crippen molar-refractivity contribution in [3.8, 4) is 22.5 Å². The van der Waals surface area contributed by atoms with Gasteiger partial charge in [-0.2, -0.15) is 9.61 Å². The van der Waals surface area contributed by atoms with Crippen LogP contribution in [0, 0.1) is 17.7 Å². The van der Waals surface area contributed by atoms with Crippen molar-refractivity contribution in [3.05, 3.63) is 60.4 Å². The molecule has 4 heterocycles. The van der Waals surface area contributed by atoms with Crippen molar-refractivity contribution in [3.63, 3.8) is 0 Å². The van der Waals surface area contributed by atoms with Crippen molar-refractivity contribution in [1.82, 2.24) is 24.6 Å².